The van der Waals surface area contributed by atoms with Crippen LogP contribution in [0.2, 0.25) is 5.02 Å². The summed E-state index contributed by atoms with van der Waals surface area (Å²) < 4.78 is 16.1. The summed E-state index contributed by atoms with van der Waals surface area (Å²) in [6, 6.07) is 13.1. The van der Waals surface area contributed by atoms with E-state index in [1.165, 1.54) is 27.7 Å². The number of fused-ring (bicyclic) bond motifs is 1. The average molecular weight is 356 g/mol. The first-order valence-electron chi connectivity index (χ1n) is 7.43. The van der Waals surface area contributed by atoms with Gasteiger partial charge in [-0.3, -0.25) is 9.36 Å². The van der Waals surface area contributed by atoms with Gasteiger partial charge in [-0.05, 0) is 35.9 Å². The molecule has 6 nitrogen and oxygen atoms in total. The lowest BCUT2D eigenvalue weighted by Gasteiger charge is -2.06. The number of halogens is 2. The van der Waals surface area contributed by atoms with Gasteiger partial charge in [-0.1, -0.05) is 35.0 Å². The van der Waals surface area contributed by atoms with Crippen molar-refractivity contribution < 1.29 is 4.39 Å². The van der Waals surface area contributed by atoms with Crippen LogP contribution in [-0.2, 0) is 6.54 Å². The van der Waals surface area contributed by atoms with Crippen LogP contribution in [0.3, 0.4) is 0 Å². The van der Waals surface area contributed by atoms with Crippen molar-refractivity contribution in [3.05, 3.63) is 81.6 Å². The molecule has 0 atom stereocenters. The lowest BCUT2D eigenvalue weighted by molar-refractivity contribution is 0.622. The van der Waals surface area contributed by atoms with Gasteiger partial charge in [0, 0.05) is 5.02 Å². The molecule has 0 saturated carbocycles. The molecule has 0 aliphatic heterocycles. The second-order valence-corrected chi connectivity index (χ2v) is 5.90. The van der Waals surface area contributed by atoms with E-state index in [1.54, 1.807) is 36.4 Å². The topological polar surface area (TPSA) is 65.6 Å². The molecule has 124 valence electrons. The fourth-order valence-corrected chi connectivity index (χ4v) is 2.75. The Morgan fingerprint density at radius 2 is 1.96 bits per heavy atom. The Bertz CT molecular complexity index is 1140. The van der Waals surface area contributed by atoms with Crippen LogP contribution in [0, 0.1) is 5.82 Å². The average Bonchev–Trinajstić information content (AvgIpc) is 3.02. The molecule has 2 heterocycles. The first-order valence-corrected chi connectivity index (χ1v) is 7.81. The Kier molecular flexibility index (Phi) is 3.77. The summed E-state index contributed by atoms with van der Waals surface area (Å²) in [5, 5.41) is 8.49. The second-order valence-electron chi connectivity index (χ2n) is 5.46. The van der Waals surface area contributed by atoms with Gasteiger partial charge in [0.2, 0.25) is 0 Å². The first-order chi connectivity index (χ1) is 12.1. The van der Waals surface area contributed by atoms with E-state index in [-0.39, 0.29) is 23.4 Å². The zero-order valence-electron chi connectivity index (χ0n) is 12.8. The molecule has 0 amide bonds. The largest absolute Gasteiger partial charge is 0.293 e. The molecule has 0 radical (unpaired) electrons. The highest BCUT2D eigenvalue weighted by molar-refractivity contribution is 6.30. The van der Waals surface area contributed by atoms with Crippen molar-refractivity contribution in [1.29, 1.82) is 0 Å². The molecule has 0 N–H and O–H groups in total. The van der Waals surface area contributed by atoms with Gasteiger partial charge in [-0.2, -0.15) is 4.68 Å². The number of aromatic nitrogens is 5. The number of hydrogen-bond donors (Lipinski definition) is 0. The molecule has 4 aromatic rings. The molecular formula is C17H11ClFN5O. The van der Waals surface area contributed by atoms with Crippen LogP contribution < -0.4 is 5.56 Å². The second kappa shape index (κ2) is 6.10. The molecule has 0 bridgehead atoms. The van der Waals surface area contributed by atoms with E-state index in [1.807, 2.05) is 0 Å². The third kappa shape index (κ3) is 2.89. The van der Waals surface area contributed by atoms with E-state index >= 15 is 0 Å². The molecule has 25 heavy (non-hydrogen) atoms. The van der Waals surface area contributed by atoms with E-state index in [2.05, 4.69) is 15.3 Å². The van der Waals surface area contributed by atoms with Crippen molar-refractivity contribution in [2.75, 3.05) is 0 Å². The van der Waals surface area contributed by atoms with Gasteiger partial charge in [-0.15, -0.1) is 5.10 Å². The summed E-state index contributed by atoms with van der Waals surface area (Å²) in [6.45, 7) is 0.198. The lowest BCUT2D eigenvalue weighted by Crippen LogP contribution is -2.21. The standard InChI is InChI=1S/C17H11ClFN5O/c18-12-4-2-6-14(8-12)24-16-15(21-22-24)17(25)23(10-20-16)9-11-3-1-5-13(19)7-11/h1-8,10H,9H2. The predicted octanol–water partition coefficient (Wildman–Crippen LogP) is 2.82. The number of hydrogen-bond acceptors (Lipinski definition) is 4. The Morgan fingerprint density at radius 1 is 1.12 bits per heavy atom. The van der Waals surface area contributed by atoms with E-state index in [4.69, 9.17) is 11.6 Å². The van der Waals surface area contributed by atoms with Crippen molar-refractivity contribution in [3.63, 3.8) is 0 Å². The van der Waals surface area contributed by atoms with Gasteiger partial charge in [0.05, 0.1) is 12.2 Å². The minimum atomic E-state index is -0.355. The number of nitrogens with zero attached hydrogens (tertiary/aromatic N) is 5. The van der Waals surface area contributed by atoms with Gasteiger partial charge in [0.15, 0.2) is 11.2 Å². The maximum Gasteiger partial charge on any atom is 0.283 e. The van der Waals surface area contributed by atoms with Gasteiger partial charge in [-0.25, -0.2) is 9.37 Å². The van der Waals surface area contributed by atoms with Crippen LogP contribution in [-0.4, -0.2) is 24.5 Å². The molecule has 0 aliphatic rings. The fourth-order valence-electron chi connectivity index (χ4n) is 2.57. The maximum atomic E-state index is 13.3. The predicted molar refractivity (Wildman–Crippen MR) is 91.4 cm³/mol. The molecule has 0 unspecified atom stereocenters. The van der Waals surface area contributed by atoms with Crippen LogP contribution in [0.4, 0.5) is 4.39 Å². The number of benzene rings is 2. The van der Waals surface area contributed by atoms with Crippen molar-refractivity contribution in [3.8, 4) is 5.69 Å². The zero-order valence-corrected chi connectivity index (χ0v) is 13.6. The maximum absolute atomic E-state index is 13.3. The minimum Gasteiger partial charge on any atom is -0.293 e. The molecule has 4 rings (SSSR count). The minimum absolute atomic E-state index is 0.138. The first kappa shape index (κ1) is 15.5. The summed E-state index contributed by atoms with van der Waals surface area (Å²) >= 11 is 5.99. The molecule has 8 heteroatoms. The Morgan fingerprint density at radius 3 is 2.76 bits per heavy atom. The van der Waals surface area contributed by atoms with Gasteiger partial charge in [0.25, 0.3) is 5.56 Å². The highest BCUT2D eigenvalue weighted by Gasteiger charge is 2.13. The third-order valence-corrected chi connectivity index (χ3v) is 3.96. The Balaban J connectivity index is 1.78. The fraction of sp³-hybridized carbons (Fsp3) is 0.0588. The van der Waals surface area contributed by atoms with E-state index < -0.39 is 0 Å². The van der Waals surface area contributed by atoms with Crippen molar-refractivity contribution >= 4 is 22.8 Å². The Labute approximate surface area is 146 Å². The molecule has 0 aliphatic carbocycles. The quantitative estimate of drug-likeness (QED) is 0.567. The summed E-state index contributed by atoms with van der Waals surface area (Å²) in [4.78, 5) is 16.9. The van der Waals surface area contributed by atoms with E-state index in [0.29, 0.717) is 21.9 Å². The molecule has 2 aromatic heterocycles. The summed E-state index contributed by atoms with van der Waals surface area (Å²) in [5.41, 5.74) is 1.44. The smallest absolute Gasteiger partial charge is 0.283 e. The summed E-state index contributed by atoms with van der Waals surface area (Å²) in [7, 11) is 0. The normalized spacial score (nSPS) is 11.1. The Hall–Kier alpha value is -3.06. The number of rotatable bonds is 3. The van der Waals surface area contributed by atoms with Gasteiger partial charge >= 0.3 is 0 Å². The zero-order chi connectivity index (χ0) is 17.4. The molecule has 0 spiro atoms. The summed E-state index contributed by atoms with van der Waals surface area (Å²) in [5.74, 6) is -0.355. The van der Waals surface area contributed by atoms with Crippen LogP contribution in [0.5, 0.6) is 0 Å². The van der Waals surface area contributed by atoms with E-state index in [9.17, 15) is 9.18 Å². The van der Waals surface area contributed by atoms with Crippen molar-refractivity contribution in [2.24, 2.45) is 0 Å². The third-order valence-electron chi connectivity index (χ3n) is 3.72. The van der Waals surface area contributed by atoms with Crippen molar-refractivity contribution in [2.45, 2.75) is 6.54 Å². The van der Waals surface area contributed by atoms with Crippen LogP contribution >= 0.6 is 11.6 Å². The SMILES string of the molecule is O=c1c2nnn(-c3cccc(Cl)c3)c2ncn1Cc1cccc(F)c1. The van der Waals surface area contributed by atoms with Crippen LogP contribution in [0.25, 0.3) is 16.9 Å². The molecule has 0 fully saturated rings. The van der Waals surface area contributed by atoms with E-state index in [0.717, 1.165) is 0 Å². The molecular weight excluding hydrogens is 345 g/mol. The molecule has 2 aromatic carbocycles. The van der Waals surface area contributed by atoms with Crippen LogP contribution in [0.15, 0.2) is 59.7 Å². The van der Waals surface area contributed by atoms with Gasteiger partial charge < -0.3 is 0 Å². The summed E-state index contributed by atoms with van der Waals surface area (Å²) in [6.07, 6.45) is 1.40. The monoisotopic (exact) mass is 355 g/mol. The van der Waals surface area contributed by atoms with Crippen molar-refractivity contribution in [1.82, 2.24) is 24.5 Å². The molecule has 0 saturated heterocycles. The van der Waals surface area contributed by atoms with Crippen LogP contribution in [0.1, 0.15) is 5.56 Å². The van der Waals surface area contributed by atoms with Gasteiger partial charge in [0.1, 0.15) is 12.1 Å². The highest BCUT2D eigenvalue weighted by Crippen LogP contribution is 2.16. The lowest BCUT2D eigenvalue weighted by atomic mass is 10.2. The highest BCUT2D eigenvalue weighted by atomic mass is 35.5.